The number of hydrogen-bond donors (Lipinski definition) is 2. The van der Waals surface area contributed by atoms with E-state index in [1.165, 1.54) is 13.1 Å². The second kappa shape index (κ2) is 6.32. The smallest absolute Gasteiger partial charge is 0.278 e. The highest BCUT2D eigenvalue weighted by Gasteiger charge is 2.28. The van der Waals surface area contributed by atoms with Gasteiger partial charge in [-0.1, -0.05) is 11.6 Å². The molecule has 2 heterocycles. The first-order valence-corrected chi connectivity index (χ1v) is 6.58. The molecule has 0 unspecified atom stereocenters. The van der Waals surface area contributed by atoms with Gasteiger partial charge >= 0.3 is 0 Å². The lowest BCUT2D eigenvalue weighted by atomic mass is 10.0. The molecular weight excluding hydrogens is 268 g/mol. The minimum absolute atomic E-state index is 0.242. The van der Waals surface area contributed by atoms with Gasteiger partial charge in [0.25, 0.3) is 5.91 Å². The molecule has 0 radical (unpaired) electrons. The van der Waals surface area contributed by atoms with E-state index in [4.69, 9.17) is 0 Å². The van der Waals surface area contributed by atoms with Crippen LogP contribution < -0.4 is 5.32 Å². The number of allylic oxidation sites excluding steroid dienone is 1. The molecule has 1 aliphatic heterocycles. The first kappa shape index (κ1) is 14.9. The number of hydroxylamine groups is 2. The van der Waals surface area contributed by atoms with E-state index in [2.05, 4.69) is 15.3 Å². The summed E-state index contributed by atoms with van der Waals surface area (Å²) in [6.07, 6.45) is 3.08. The third-order valence-electron chi connectivity index (χ3n) is 3.07. The summed E-state index contributed by atoms with van der Waals surface area (Å²) in [7, 11) is 1.54. The molecule has 0 atom stereocenters. The normalized spacial score (nSPS) is 17.0. The molecule has 2 N–H and O–H groups in total. The van der Waals surface area contributed by atoms with Crippen molar-refractivity contribution < 1.29 is 10.0 Å². The Morgan fingerprint density at radius 2 is 2.19 bits per heavy atom. The van der Waals surface area contributed by atoms with Gasteiger partial charge in [-0.3, -0.25) is 20.0 Å². The van der Waals surface area contributed by atoms with Gasteiger partial charge in [0, 0.05) is 24.9 Å². The Labute approximate surface area is 123 Å². The van der Waals surface area contributed by atoms with Gasteiger partial charge < -0.3 is 5.32 Å². The first-order chi connectivity index (χ1) is 10.0. The number of nitrogens with one attached hydrogen (secondary N) is 1. The van der Waals surface area contributed by atoms with Crippen molar-refractivity contribution >= 4 is 11.7 Å². The monoisotopic (exact) mass is 286 g/mol. The van der Waals surface area contributed by atoms with Gasteiger partial charge in [-0.15, -0.1) is 0 Å². The van der Waals surface area contributed by atoms with E-state index >= 15 is 0 Å². The molecule has 1 aliphatic rings. The summed E-state index contributed by atoms with van der Waals surface area (Å²) in [6.45, 7) is 4.29. The van der Waals surface area contributed by atoms with Crippen LogP contribution >= 0.6 is 0 Å². The Bertz CT molecular complexity index is 628. The van der Waals surface area contributed by atoms with Crippen LogP contribution in [-0.2, 0) is 11.3 Å². The molecule has 6 heteroatoms. The topological polar surface area (TPSA) is 77.8 Å². The molecule has 0 saturated carbocycles. The lowest BCUT2D eigenvalue weighted by Gasteiger charge is -2.26. The van der Waals surface area contributed by atoms with Crippen LogP contribution in [0.25, 0.3) is 0 Å². The molecule has 0 saturated heterocycles. The van der Waals surface area contributed by atoms with E-state index in [1.54, 1.807) is 6.20 Å². The van der Waals surface area contributed by atoms with Gasteiger partial charge in [0.15, 0.2) is 5.84 Å². The van der Waals surface area contributed by atoms with Gasteiger partial charge in [0.2, 0.25) is 0 Å². The second-order valence-electron chi connectivity index (χ2n) is 4.80. The van der Waals surface area contributed by atoms with Crippen LogP contribution in [0.3, 0.4) is 0 Å². The average Bonchev–Trinajstić information content (AvgIpc) is 2.48. The zero-order valence-corrected chi connectivity index (χ0v) is 12.3. The van der Waals surface area contributed by atoms with E-state index in [9.17, 15) is 10.0 Å². The Morgan fingerprint density at radius 1 is 1.43 bits per heavy atom. The molecule has 1 aromatic rings. The van der Waals surface area contributed by atoms with Crippen molar-refractivity contribution in [2.75, 3.05) is 7.05 Å². The summed E-state index contributed by atoms with van der Waals surface area (Å²) in [6, 6.07) is 5.65. The number of amidine groups is 1. The highest BCUT2D eigenvalue weighted by Crippen LogP contribution is 2.21. The quantitative estimate of drug-likeness (QED) is 0.828. The van der Waals surface area contributed by atoms with Crippen LogP contribution in [0.15, 0.2) is 52.3 Å². The summed E-state index contributed by atoms with van der Waals surface area (Å²) < 4.78 is 0. The maximum atomic E-state index is 11.8. The number of amides is 1. The minimum Gasteiger partial charge on any atom is -0.379 e. The predicted octanol–water partition coefficient (Wildman–Crippen LogP) is 1.65. The van der Waals surface area contributed by atoms with Crippen molar-refractivity contribution in [3.8, 4) is 0 Å². The fourth-order valence-electron chi connectivity index (χ4n) is 2.11. The maximum absolute atomic E-state index is 11.8. The van der Waals surface area contributed by atoms with E-state index in [1.807, 2.05) is 32.0 Å². The van der Waals surface area contributed by atoms with Crippen molar-refractivity contribution in [3.05, 3.63) is 53.0 Å². The van der Waals surface area contributed by atoms with E-state index in [0.717, 1.165) is 16.8 Å². The molecule has 0 spiro atoms. The fourth-order valence-corrected chi connectivity index (χ4v) is 2.11. The lowest BCUT2D eigenvalue weighted by Crippen LogP contribution is -2.40. The van der Waals surface area contributed by atoms with Crippen molar-refractivity contribution in [1.29, 1.82) is 0 Å². The fraction of sp³-hybridized carbons (Fsp3) is 0.267. The molecule has 0 bridgehead atoms. The lowest BCUT2D eigenvalue weighted by molar-refractivity contribution is -0.143. The minimum atomic E-state index is -0.524. The SMILES string of the molecule is CN=C1C(=C(C)C)C(NCc2ccccn2)=CC(=O)N1O. The molecule has 6 nitrogen and oxygen atoms in total. The highest BCUT2D eigenvalue weighted by atomic mass is 16.5. The number of hydrogen-bond acceptors (Lipinski definition) is 5. The molecule has 2 rings (SSSR count). The number of carbonyl (C=O) groups is 1. The summed E-state index contributed by atoms with van der Waals surface area (Å²) >= 11 is 0. The zero-order chi connectivity index (χ0) is 15.4. The van der Waals surface area contributed by atoms with Crippen molar-refractivity contribution in [2.24, 2.45) is 4.99 Å². The molecule has 110 valence electrons. The van der Waals surface area contributed by atoms with Crippen LogP contribution in [0.5, 0.6) is 0 Å². The van der Waals surface area contributed by atoms with Crippen molar-refractivity contribution in [3.63, 3.8) is 0 Å². The van der Waals surface area contributed by atoms with Gasteiger partial charge in [0.05, 0.1) is 17.9 Å². The van der Waals surface area contributed by atoms with Gasteiger partial charge in [0.1, 0.15) is 0 Å². The number of aromatic nitrogens is 1. The van der Waals surface area contributed by atoms with E-state index in [0.29, 0.717) is 17.3 Å². The molecule has 0 aromatic carbocycles. The average molecular weight is 286 g/mol. The maximum Gasteiger partial charge on any atom is 0.278 e. The standard InChI is InChI=1S/C15H18N4O2/c1-10(2)14-12(8-13(20)19(21)15(14)16-3)18-9-11-6-4-5-7-17-11/h4-8,18,21H,9H2,1-3H3. The van der Waals surface area contributed by atoms with Crippen LogP contribution in [0.2, 0.25) is 0 Å². The molecule has 0 aliphatic carbocycles. The predicted molar refractivity (Wildman–Crippen MR) is 79.5 cm³/mol. The van der Waals surface area contributed by atoms with Crippen molar-refractivity contribution in [1.82, 2.24) is 15.4 Å². The largest absolute Gasteiger partial charge is 0.379 e. The van der Waals surface area contributed by atoms with Gasteiger partial charge in [-0.05, 0) is 26.0 Å². The highest BCUT2D eigenvalue weighted by molar-refractivity contribution is 6.15. The third kappa shape index (κ3) is 3.17. The number of aliphatic imine (C=N–C) groups is 1. The van der Waals surface area contributed by atoms with Crippen LogP contribution in [0.1, 0.15) is 19.5 Å². The molecule has 0 fully saturated rings. The Balaban J connectivity index is 2.30. The van der Waals surface area contributed by atoms with Crippen LogP contribution in [-0.4, -0.2) is 34.0 Å². The summed E-state index contributed by atoms with van der Waals surface area (Å²) in [5.41, 5.74) is 3.16. The van der Waals surface area contributed by atoms with Gasteiger partial charge in [-0.2, -0.15) is 5.06 Å². The Kier molecular flexibility index (Phi) is 4.49. The molecule has 1 aromatic heterocycles. The Hall–Kier alpha value is -2.47. The number of nitrogens with zero attached hydrogens (tertiary/aromatic N) is 3. The van der Waals surface area contributed by atoms with Crippen LogP contribution in [0, 0.1) is 0 Å². The molecule has 21 heavy (non-hydrogen) atoms. The number of carbonyl (C=O) groups excluding carboxylic acids is 1. The molecule has 1 amide bonds. The molecular formula is C15H18N4O2. The van der Waals surface area contributed by atoms with E-state index < -0.39 is 5.91 Å². The van der Waals surface area contributed by atoms with Crippen LogP contribution in [0.4, 0.5) is 0 Å². The Morgan fingerprint density at radius 3 is 2.76 bits per heavy atom. The first-order valence-electron chi connectivity index (χ1n) is 6.58. The van der Waals surface area contributed by atoms with Gasteiger partial charge in [-0.25, -0.2) is 0 Å². The second-order valence-corrected chi connectivity index (χ2v) is 4.80. The number of rotatable bonds is 3. The summed E-state index contributed by atoms with van der Waals surface area (Å²) in [4.78, 5) is 20.0. The summed E-state index contributed by atoms with van der Waals surface area (Å²) in [5, 5.41) is 13.5. The number of pyridine rings is 1. The zero-order valence-electron chi connectivity index (χ0n) is 12.3. The van der Waals surface area contributed by atoms with E-state index in [-0.39, 0.29) is 5.84 Å². The third-order valence-corrected chi connectivity index (χ3v) is 3.07. The summed E-state index contributed by atoms with van der Waals surface area (Å²) in [5.74, 6) is -0.282. The van der Waals surface area contributed by atoms with Crippen molar-refractivity contribution in [2.45, 2.75) is 20.4 Å².